The van der Waals surface area contributed by atoms with Crippen molar-refractivity contribution < 1.29 is 13.5 Å². The Balaban J connectivity index is 1.55. The van der Waals surface area contributed by atoms with Crippen molar-refractivity contribution >= 4 is 29.0 Å². The van der Waals surface area contributed by atoms with E-state index in [-0.39, 0.29) is 11.1 Å². The van der Waals surface area contributed by atoms with Gasteiger partial charge in [0.2, 0.25) is 5.95 Å². The lowest BCUT2D eigenvalue weighted by atomic mass is 9.88. The monoisotopic (exact) mass is 492 g/mol. The molecule has 0 unspecified atom stereocenters. The molecule has 4 aromatic rings. The molecule has 0 fully saturated rings. The van der Waals surface area contributed by atoms with Gasteiger partial charge in [-0.25, -0.2) is 18.4 Å². The van der Waals surface area contributed by atoms with Crippen molar-refractivity contribution in [2.24, 2.45) is 0 Å². The van der Waals surface area contributed by atoms with Gasteiger partial charge >= 0.3 is 0 Å². The quantitative estimate of drug-likeness (QED) is 0.394. The molecule has 0 radical (unpaired) electrons. The summed E-state index contributed by atoms with van der Waals surface area (Å²) in [6, 6.07) is 9.07. The first-order valence-corrected chi connectivity index (χ1v) is 11.4. The number of nitrogens with zero attached hydrogens (tertiary/aromatic N) is 6. The van der Waals surface area contributed by atoms with Crippen molar-refractivity contribution in [3.05, 3.63) is 65.7 Å². The molecule has 2 aromatic carbocycles. The van der Waals surface area contributed by atoms with Crippen LogP contribution >= 0.6 is 0 Å². The van der Waals surface area contributed by atoms with E-state index < -0.39 is 11.6 Å². The minimum absolute atomic E-state index is 0.254. The minimum atomic E-state index is -0.651. The highest BCUT2D eigenvalue weighted by Gasteiger charge is 2.41. The fourth-order valence-electron chi connectivity index (χ4n) is 4.49. The predicted octanol–water partition coefficient (Wildman–Crippen LogP) is 4.87. The lowest BCUT2D eigenvalue weighted by Gasteiger charge is -2.22. The molecule has 186 valence electrons. The van der Waals surface area contributed by atoms with E-state index in [9.17, 15) is 8.78 Å². The van der Waals surface area contributed by atoms with Crippen molar-refractivity contribution in [3.63, 3.8) is 0 Å². The first-order valence-electron chi connectivity index (χ1n) is 11.4. The summed E-state index contributed by atoms with van der Waals surface area (Å²) >= 11 is 0. The number of aromatic nitrogens is 5. The predicted molar refractivity (Wildman–Crippen MR) is 134 cm³/mol. The van der Waals surface area contributed by atoms with E-state index >= 15 is 0 Å². The maximum atomic E-state index is 14.8. The molecule has 0 aliphatic carbocycles. The third-order valence-corrected chi connectivity index (χ3v) is 6.10. The number of halogens is 2. The summed E-state index contributed by atoms with van der Waals surface area (Å²) in [5, 5.41) is 10.7. The van der Waals surface area contributed by atoms with Gasteiger partial charge in [-0.3, -0.25) is 0 Å². The molecule has 5 rings (SSSR count). The van der Waals surface area contributed by atoms with E-state index in [4.69, 9.17) is 9.72 Å². The number of hydrogen-bond donors (Lipinski definition) is 2. The summed E-state index contributed by atoms with van der Waals surface area (Å²) in [5.74, 6) is 1.44. The van der Waals surface area contributed by atoms with Crippen LogP contribution in [0.4, 0.5) is 37.7 Å². The Morgan fingerprint density at radius 1 is 1.06 bits per heavy atom. The molecule has 0 atom stereocenters. The lowest BCUT2D eigenvalue weighted by molar-refractivity contribution is 0.412. The van der Waals surface area contributed by atoms with Crippen LogP contribution in [0.2, 0.25) is 0 Å². The van der Waals surface area contributed by atoms with Crippen molar-refractivity contribution in [2.45, 2.75) is 26.2 Å². The van der Waals surface area contributed by atoms with E-state index in [1.807, 2.05) is 39.0 Å². The summed E-state index contributed by atoms with van der Waals surface area (Å²) in [4.78, 5) is 15.3. The van der Waals surface area contributed by atoms with Gasteiger partial charge in [-0.2, -0.15) is 15.1 Å². The second kappa shape index (κ2) is 8.74. The summed E-state index contributed by atoms with van der Waals surface area (Å²) in [5.41, 5.74) is 2.14. The first kappa shape index (κ1) is 23.5. The van der Waals surface area contributed by atoms with Crippen LogP contribution in [0.25, 0.3) is 5.69 Å². The molecule has 1 aliphatic rings. The second-order valence-electron chi connectivity index (χ2n) is 9.16. The largest absolute Gasteiger partial charge is 0.494 e. The zero-order chi connectivity index (χ0) is 25.6. The number of hydrogen-bond acceptors (Lipinski definition) is 8. The molecule has 36 heavy (non-hydrogen) atoms. The van der Waals surface area contributed by atoms with Crippen LogP contribution in [0.15, 0.2) is 42.7 Å². The van der Waals surface area contributed by atoms with Crippen LogP contribution in [0.5, 0.6) is 5.75 Å². The summed E-state index contributed by atoms with van der Waals surface area (Å²) in [6.07, 6.45) is 1.62. The second-order valence-corrected chi connectivity index (χ2v) is 9.16. The number of fused-ring (bicyclic) bond motifs is 1. The Kier molecular flexibility index (Phi) is 5.70. The van der Waals surface area contributed by atoms with E-state index in [2.05, 4.69) is 25.7 Å². The molecule has 0 saturated carbocycles. The third kappa shape index (κ3) is 4.06. The minimum Gasteiger partial charge on any atom is -0.494 e. The molecule has 0 spiro atoms. The molecule has 0 bridgehead atoms. The topological polar surface area (TPSA) is 93.0 Å². The zero-order valence-electron chi connectivity index (χ0n) is 20.6. The Morgan fingerprint density at radius 3 is 2.50 bits per heavy atom. The van der Waals surface area contributed by atoms with Gasteiger partial charge in [0.25, 0.3) is 0 Å². The van der Waals surface area contributed by atoms with Crippen LogP contribution in [-0.4, -0.2) is 45.4 Å². The van der Waals surface area contributed by atoms with Gasteiger partial charge < -0.3 is 20.3 Å². The molecule has 9 nitrogen and oxygen atoms in total. The van der Waals surface area contributed by atoms with E-state index in [1.54, 1.807) is 30.1 Å². The summed E-state index contributed by atoms with van der Waals surface area (Å²) < 4.78 is 35.6. The van der Waals surface area contributed by atoms with Gasteiger partial charge in [0.15, 0.2) is 0 Å². The number of methoxy groups -OCH3 is 1. The molecule has 0 saturated heterocycles. The Morgan fingerprint density at radius 2 is 1.83 bits per heavy atom. The number of aryl methyl sites for hydroxylation is 1. The van der Waals surface area contributed by atoms with Crippen LogP contribution in [-0.2, 0) is 5.41 Å². The van der Waals surface area contributed by atoms with Gasteiger partial charge in [0.05, 0.1) is 12.8 Å². The Hall–Kier alpha value is -4.28. The Labute approximate surface area is 207 Å². The number of benzene rings is 2. The maximum Gasteiger partial charge on any atom is 0.231 e. The van der Waals surface area contributed by atoms with E-state index in [1.165, 1.54) is 12.1 Å². The molecule has 11 heteroatoms. The van der Waals surface area contributed by atoms with Gasteiger partial charge in [-0.1, -0.05) is 13.8 Å². The smallest absolute Gasteiger partial charge is 0.231 e. The molecule has 2 aromatic heterocycles. The number of rotatable bonds is 6. The van der Waals surface area contributed by atoms with Crippen LogP contribution in [0.3, 0.4) is 0 Å². The lowest BCUT2D eigenvalue weighted by Crippen LogP contribution is -2.26. The number of nitrogens with one attached hydrogen (secondary N) is 2. The third-order valence-electron chi connectivity index (χ3n) is 6.10. The van der Waals surface area contributed by atoms with Crippen molar-refractivity contribution in [1.82, 2.24) is 24.7 Å². The number of anilines is 5. The fourth-order valence-corrected chi connectivity index (χ4v) is 4.49. The number of ether oxygens (including phenoxy) is 1. The highest BCUT2D eigenvalue weighted by Crippen LogP contribution is 2.47. The Bertz CT molecular complexity index is 1450. The standard InChI is InChI=1S/C25H26F2N8O/c1-14-29-13-35(33-14)19-9-7-16(11-20(19)36-5)30-24-31-22(28-4)21-23(32-24)34(12-25(21,2)3)18-8-6-15(26)10-17(18)27/h6-11,13H,12H2,1-5H3,(H2,28,30,31,32). The molecular weight excluding hydrogens is 466 g/mol. The molecule has 1 aliphatic heterocycles. The molecule has 0 amide bonds. The highest BCUT2D eigenvalue weighted by molar-refractivity contribution is 5.76. The van der Waals surface area contributed by atoms with Gasteiger partial charge in [-0.15, -0.1) is 0 Å². The zero-order valence-corrected chi connectivity index (χ0v) is 20.6. The van der Waals surface area contributed by atoms with Gasteiger partial charge in [0.1, 0.15) is 46.9 Å². The normalized spacial score (nSPS) is 14.0. The molecule has 2 N–H and O–H groups in total. The summed E-state index contributed by atoms with van der Waals surface area (Å²) in [6.45, 7) is 6.35. The van der Waals surface area contributed by atoms with Crippen LogP contribution in [0, 0.1) is 18.6 Å². The highest BCUT2D eigenvalue weighted by atomic mass is 19.1. The molecule has 3 heterocycles. The van der Waals surface area contributed by atoms with Crippen molar-refractivity contribution in [2.75, 3.05) is 36.2 Å². The van der Waals surface area contributed by atoms with E-state index in [0.29, 0.717) is 41.4 Å². The SMILES string of the molecule is CNc1nc(Nc2ccc(-n3cnc(C)n3)c(OC)c2)nc2c1C(C)(C)CN2c1ccc(F)cc1F. The van der Waals surface area contributed by atoms with Gasteiger partial charge in [0, 0.05) is 42.4 Å². The van der Waals surface area contributed by atoms with E-state index in [0.717, 1.165) is 17.3 Å². The molecular formula is C25H26F2N8O. The average Bonchev–Trinajstić information content (AvgIpc) is 3.39. The fraction of sp³-hybridized carbons (Fsp3) is 0.280. The first-order chi connectivity index (χ1) is 17.2. The van der Waals surface area contributed by atoms with Crippen LogP contribution in [0.1, 0.15) is 25.2 Å². The van der Waals surface area contributed by atoms with Crippen LogP contribution < -0.4 is 20.3 Å². The summed E-state index contributed by atoms with van der Waals surface area (Å²) in [7, 11) is 3.36. The maximum absolute atomic E-state index is 14.8. The van der Waals surface area contributed by atoms with Gasteiger partial charge in [-0.05, 0) is 31.2 Å². The average molecular weight is 493 g/mol. The van der Waals surface area contributed by atoms with Crippen molar-refractivity contribution in [1.29, 1.82) is 0 Å². The van der Waals surface area contributed by atoms with Crippen molar-refractivity contribution in [3.8, 4) is 11.4 Å².